The zero-order chi connectivity index (χ0) is 13.2. The van der Waals surface area contributed by atoms with Crippen molar-refractivity contribution in [3.8, 4) is 0 Å². The van der Waals surface area contributed by atoms with Gasteiger partial charge in [0.05, 0.1) is 25.5 Å². The summed E-state index contributed by atoms with van der Waals surface area (Å²) in [5.74, 6) is 0. The second-order valence-electron chi connectivity index (χ2n) is 4.95. The predicted molar refractivity (Wildman–Crippen MR) is 71.5 cm³/mol. The van der Waals surface area contributed by atoms with Crippen LogP contribution in [0.2, 0.25) is 0 Å². The average molecular weight is 258 g/mol. The van der Waals surface area contributed by atoms with Crippen LogP contribution in [0, 0.1) is 0 Å². The Morgan fingerprint density at radius 3 is 3.00 bits per heavy atom. The summed E-state index contributed by atoms with van der Waals surface area (Å²) in [5, 5.41) is 14.5. The van der Waals surface area contributed by atoms with Crippen LogP contribution in [-0.4, -0.2) is 14.9 Å². The first kappa shape index (κ1) is 12.4. The van der Waals surface area contributed by atoms with E-state index in [1.807, 2.05) is 30.1 Å². The zero-order valence-electron chi connectivity index (χ0n) is 11.0. The summed E-state index contributed by atoms with van der Waals surface area (Å²) in [6, 6.07) is 6.09. The molecule has 2 aromatic rings. The highest BCUT2D eigenvalue weighted by Crippen LogP contribution is 2.25. The van der Waals surface area contributed by atoms with Gasteiger partial charge in [0.25, 0.3) is 0 Å². The Morgan fingerprint density at radius 2 is 2.21 bits per heavy atom. The third kappa shape index (κ3) is 2.55. The maximum atomic E-state index is 10.3. The van der Waals surface area contributed by atoms with Crippen LogP contribution >= 0.6 is 0 Å². The number of nitrogens with zero attached hydrogens (tertiary/aromatic N) is 2. The van der Waals surface area contributed by atoms with Gasteiger partial charge in [0.15, 0.2) is 0 Å². The molecule has 19 heavy (non-hydrogen) atoms. The fourth-order valence-corrected chi connectivity index (χ4v) is 2.43. The smallest absolute Gasteiger partial charge is 0.0831 e. The maximum absolute atomic E-state index is 10.3. The number of aromatic nitrogens is 2. The highest BCUT2D eigenvalue weighted by Gasteiger charge is 2.15. The molecule has 0 saturated carbocycles. The van der Waals surface area contributed by atoms with Crippen LogP contribution in [0.1, 0.15) is 35.3 Å². The lowest BCUT2D eigenvalue weighted by molar-refractivity contribution is 0.134. The Kier molecular flexibility index (Phi) is 3.36. The van der Waals surface area contributed by atoms with Crippen molar-refractivity contribution in [1.82, 2.24) is 9.78 Å². The fraction of sp³-hybridized carbons (Fsp3) is 0.400. The molecule has 1 aliphatic rings. The minimum Gasteiger partial charge on any atom is -0.388 e. The molecule has 1 aliphatic heterocycles. The van der Waals surface area contributed by atoms with Gasteiger partial charge in [-0.3, -0.25) is 4.68 Å². The molecular weight excluding hydrogens is 240 g/mol. The number of hydrogen-bond acceptors (Lipinski definition) is 3. The highest BCUT2D eigenvalue weighted by atomic mass is 16.5. The normalized spacial score (nSPS) is 15.5. The molecule has 1 aromatic carbocycles. The summed E-state index contributed by atoms with van der Waals surface area (Å²) in [6.45, 7) is 4.25. The van der Waals surface area contributed by atoms with E-state index in [-0.39, 0.29) is 0 Å². The first-order valence-electron chi connectivity index (χ1n) is 6.65. The van der Waals surface area contributed by atoms with Gasteiger partial charge in [-0.25, -0.2) is 0 Å². The molecule has 4 heteroatoms. The average Bonchev–Trinajstić information content (AvgIpc) is 3.05. The Morgan fingerprint density at radius 1 is 1.37 bits per heavy atom. The second-order valence-corrected chi connectivity index (χ2v) is 4.95. The van der Waals surface area contributed by atoms with Gasteiger partial charge in [0.1, 0.15) is 0 Å². The molecule has 1 aromatic heterocycles. The zero-order valence-corrected chi connectivity index (χ0v) is 11.0. The SMILES string of the molecule is CCn1cc(CC(O)c2ccc3c(c2)COC3)cn1. The molecular formula is C15H18N2O2. The van der Waals surface area contributed by atoms with Crippen molar-refractivity contribution >= 4 is 0 Å². The van der Waals surface area contributed by atoms with E-state index in [9.17, 15) is 5.11 Å². The van der Waals surface area contributed by atoms with Gasteiger partial charge in [0.2, 0.25) is 0 Å². The maximum Gasteiger partial charge on any atom is 0.0831 e. The van der Waals surface area contributed by atoms with Crippen LogP contribution in [0.15, 0.2) is 30.6 Å². The van der Waals surface area contributed by atoms with E-state index in [1.54, 1.807) is 0 Å². The molecule has 1 unspecified atom stereocenters. The second kappa shape index (κ2) is 5.15. The number of hydrogen-bond donors (Lipinski definition) is 1. The van der Waals surface area contributed by atoms with E-state index in [1.165, 1.54) is 11.1 Å². The molecule has 0 radical (unpaired) electrons. The molecule has 0 bridgehead atoms. The first-order chi connectivity index (χ1) is 9.26. The molecule has 0 fully saturated rings. The molecule has 0 spiro atoms. The van der Waals surface area contributed by atoms with Crippen LogP contribution in [0.3, 0.4) is 0 Å². The van der Waals surface area contributed by atoms with Crippen LogP contribution in [0.25, 0.3) is 0 Å². The molecule has 0 saturated heterocycles. The van der Waals surface area contributed by atoms with Crippen molar-refractivity contribution in [3.05, 3.63) is 52.8 Å². The van der Waals surface area contributed by atoms with Crippen molar-refractivity contribution in [1.29, 1.82) is 0 Å². The molecule has 1 atom stereocenters. The largest absolute Gasteiger partial charge is 0.388 e. The van der Waals surface area contributed by atoms with Gasteiger partial charge in [-0.15, -0.1) is 0 Å². The molecule has 2 heterocycles. The monoisotopic (exact) mass is 258 g/mol. The van der Waals surface area contributed by atoms with Gasteiger partial charge in [0, 0.05) is 19.2 Å². The van der Waals surface area contributed by atoms with Crippen LogP contribution in [-0.2, 0) is 30.9 Å². The summed E-state index contributed by atoms with van der Waals surface area (Å²) in [6.07, 6.45) is 3.92. The predicted octanol–water partition coefficient (Wildman–Crippen LogP) is 2.21. The Balaban J connectivity index is 1.74. The van der Waals surface area contributed by atoms with Gasteiger partial charge in [-0.1, -0.05) is 18.2 Å². The van der Waals surface area contributed by atoms with E-state index < -0.39 is 6.10 Å². The topological polar surface area (TPSA) is 47.3 Å². The summed E-state index contributed by atoms with van der Waals surface area (Å²) in [5.41, 5.74) is 4.44. The number of aliphatic hydroxyl groups is 1. The number of rotatable bonds is 4. The molecule has 4 nitrogen and oxygen atoms in total. The van der Waals surface area contributed by atoms with E-state index in [2.05, 4.69) is 17.2 Å². The molecule has 0 amide bonds. The van der Waals surface area contributed by atoms with E-state index in [0.717, 1.165) is 17.7 Å². The Hall–Kier alpha value is -1.65. The van der Waals surface area contributed by atoms with Crippen molar-refractivity contribution in [2.24, 2.45) is 0 Å². The first-order valence-corrected chi connectivity index (χ1v) is 6.65. The van der Waals surface area contributed by atoms with Crippen LogP contribution in [0.4, 0.5) is 0 Å². The third-order valence-electron chi connectivity index (χ3n) is 3.57. The van der Waals surface area contributed by atoms with Crippen molar-refractivity contribution < 1.29 is 9.84 Å². The van der Waals surface area contributed by atoms with Crippen molar-refractivity contribution in [2.75, 3.05) is 0 Å². The number of benzene rings is 1. The number of ether oxygens (including phenoxy) is 1. The lowest BCUT2D eigenvalue weighted by Gasteiger charge is -2.11. The van der Waals surface area contributed by atoms with Crippen molar-refractivity contribution in [2.45, 2.75) is 39.2 Å². The number of fused-ring (bicyclic) bond motifs is 1. The van der Waals surface area contributed by atoms with Gasteiger partial charge >= 0.3 is 0 Å². The molecule has 1 N–H and O–H groups in total. The Bertz CT molecular complexity index is 577. The van der Waals surface area contributed by atoms with Gasteiger partial charge in [-0.2, -0.15) is 5.10 Å². The lowest BCUT2D eigenvalue weighted by atomic mass is 9.99. The third-order valence-corrected chi connectivity index (χ3v) is 3.57. The summed E-state index contributed by atoms with van der Waals surface area (Å²) in [4.78, 5) is 0. The molecule has 100 valence electrons. The minimum atomic E-state index is -0.486. The summed E-state index contributed by atoms with van der Waals surface area (Å²) in [7, 11) is 0. The molecule has 0 aliphatic carbocycles. The van der Waals surface area contributed by atoms with Gasteiger partial charge in [-0.05, 0) is 29.2 Å². The van der Waals surface area contributed by atoms with Crippen molar-refractivity contribution in [3.63, 3.8) is 0 Å². The van der Waals surface area contributed by atoms with E-state index >= 15 is 0 Å². The summed E-state index contributed by atoms with van der Waals surface area (Å²) < 4.78 is 7.26. The number of aryl methyl sites for hydroxylation is 1. The number of aliphatic hydroxyl groups excluding tert-OH is 1. The standard InChI is InChI=1S/C15H18N2O2/c1-2-17-8-11(7-16-17)5-15(18)12-3-4-13-9-19-10-14(13)6-12/h3-4,6-8,15,18H,2,5,9-10H2,1H3. The fourth-order valence-electron chi connectivity index (χ4n) is 2.43. The molecule has 3 rings (SSSR count). The Labute approximate surface area is 112 Å². The van der Waals surface area contributed by atoms with Crippen LogP contribution < -0.4 is 0 Å². The van der Waals surface area contributed by atoms with Crippen LogP contribution in [0.5, 0.6) is 0 Å². The highest BCUT2D eigenvalue weighted by molar-refractivity contribution is 5.34. The lowest BCUT2D eigenvalue weighted by Crippen LogP contribution is -2.02. The van der Waals surface area contributed by atoms with E-state index in [4.69, 9.17) is 4.74 Å². The van der Waals surface area contributed by atoms with Gasteiger partial charge < -0.3 is 9.84 Å². The minimum absolute atomic E-state index is 0.486. The summed E-state index contributed by atoms with van der Waals surface area (Å²) >= 11 is 0. The quantitative estimate of drug-likeness (QED) is 0.914. The van der Waals surface area contributed by atoms with E-state index in [0.29, 0.717) is 19.6 Å².